The lowest BCUT2D eigenvalue weighted by molar-refractivity contribution is 0.482. The quantitative estimate of drug-likeness (QED) is 0.825. The van der Waals surface area contributed by atoms with Gasteiger partial charge in [-0.25, -0.2) is 13.6 Å². The Kier molecular flexibility index (Phi) is 3.22. The number of primary sulfonamides is 1. The van der Waals surface area contributed by atoms with Gasteiger partial charge in [0.15, 0.2) is 0 Å². The van der Waals surface area contributed by atoms with Gasteiger partial charge in [0.2, 0.25) is 10.0 Å². The number of hydrogen-bond donors (Lipinski definition) is 2. The highest BCUT2D eigenvalue weighted by atomic mass is 32.2. The zero-order chi connectivity index (χ0) is 13.2. The van der Waals surface area contributed by atoms with Crippen molar-refractivity contribution in [2.45, 2.75) is 4.90 Å². The number of nitrogens with two attached hydrogens (primary N) is 2. The van der Waals surface area contributed by atoms with Gasteiger partial charge < -0.3 is 10.5 Å². The van der Waals surface area contributed by atoms with Crippen molar-refractivity contribution >= 4 is 15.7 Å². The standard InChI is InChI=1S/C12H12N2O3S/c13-9-1-3-10(4-2-9)17-11-5-7-12(8-6-11)18(14,15)16/h1-8H,13H2,(H2,14,15,16). The fourth-order valence-electron chi connectivity index (χ4n) is 1.37. The summed E-state index contributed by atoms with van der Waals surface area (Å²) in [6.07, 6.45) is 0. The number of ether oxygens (including phenoxy) is 1. The minimum absolute atomic E-state index is 0.0483. The Hall–Kier alpha value is -2.05. The van der Waals surface area contributed by atoms with Crippen molar-refractivity contribution in [1.82, 2.24) is 0 Å². The number of sulfonamides is 1. The van der Waals surface area contributed by atoms with Gasteiger partial charge in [-0.05, 0) is 48.5 Å². The molecule has 0 spiro atoms. The first-order valence-corrected chi connectivity index (χ1v) is 6.66. The fourth-order valence-corrected chi connectivity index (χ4v) is 1.88. The van der Waals surface area contributed by atoms with Crippen molar-refractivity contribution in [3.05, 3.63) is 48.5 Å². The van der Waals surface area contributed by atoms with Gasteiger partial charge in [-0.2, -0.15) is 0 Å². The number of nitrogen functional groups attached to an aromatic ring is 1. The molecule has 0 aromatic heterocycles. The molecule has 0 bridgehead atoms. The number of benzene rings is 2. The molecule has 2 aromatic rings. The molecule has 0 radical (unpaired) electrons. The molecule has 94 valence electrons. The van der Waals surface area contributed by atoms with Crippen molar-refractivity contribution in [2.24, 2.45) is 5.14 Å². The molecule has 0 heterocycles. The van der Waals surface area contributed by atoms with Crippen LogP contribution < -0.4 is 15.6 Å². The molecule has 0 aliphatic carbocycles. The highest BCUT2D eigenvalue weighted by molar-refractivity contribution is 7.89. The molecule has 0 aliphatic rings. The van der Waals surface area contributed by atoms with E-state index < -0.39 is 10.0 Å². The van der Waals surface area contributed by atoms with Crippen LogP contribution in [0.1, 0.15) is 0 Å². The van der Waals surface area contributed by atoms with Gasteiger partial charge >= 0.3 is 0 Å². The summed E-state index contributed by atoms with van der Waals surface area (Å²) in [6.45, 7) is 0. The van der Waals surface area contributed by atoms with Crippen molar-refractivity contribution in [3.63, 3.8) is 0 Å². The average molecular weight is 264 g/mol. The zero-order valence-corrected chi connectivity index (χ0v) is 10.2. The molecule has 6 heteroatoms. The Morgan fingerprint density at radius 2 is 1.28 bits per heavy atom. The molecule has 0 amide bonds. The molecule has 2 rings (SSSR count). The predicted octanol–water partition coefficient (Wildman–Crippen LogP) is 1.71. The Morgan fingerprint density at radius 3 is 1.72 bits per heavy atom. The molecular formula is C12H12N2O3S. The van der Waals surface area contributed by atoms with Crippen LogP contribution in [0.4, 0.5) is 5.69 Å². The van der Waals surface area contributed by atoms with Gasteiger partial charge in [-0.15, -0.1) is 0 Å². The summed E-state index contributed by atoms with van der Waals surface area (Å²) in [4.78, 5) is 0.0483. The highest BCUT2D eigenvalue weighted by Gasteiger charge is 2.07. The van der Waals surface area contributed by atoms with E-state index in [0.29, 0.717) is 17.2 Å². The third-order valence-corrected chi connectivity index (χ3v) is 3.20. The molecule has 0 fully saturated rings. The molecule has 0 saturated heterocycles. The lowest BCUT2D eigenvalue weighted by Gasteiger charge is -2.06. The Morgan fingerprint density at radius 1 is 0.833 bits per heavy atom. The maximum atomic E-state index is 11.1. The SMILES string of the molecule is Nc1ccc(Oc2ccc(S(N)(=O)=O)cc2)cc1. The third kappa shape index (κ3) is 2.99. The molecule has 18 heavy (non-hydrogen) atoms. The minimum atomic E-state index is -3.67. The minimum Gasteiger partial charge on any atom is -0.457 e. The summed E-state index contributed by atoms with van der Waals surface area (Å²) in [7, 11) is -3.67. The van der Waals surface area contributed by atoms with Gasteiger partial charge in [0.1, 0.15) is 11.5 Å². The Bertz CT molecular complexity index is 634. The topological polar surface area (TPSA) is 95.4 Å². The van der Waals surface area contributed by atoms with E-state index in [-0.39, 0.29) is 4.90 Å². The second-order valence-corrected chi connectivity index (χ2v) is 5.25. The number of anilines is 1. The fraction of sp³-hybridized carbons (Fsp3) is 0. The van der Waals surface area contributed by atoms with Gasteiger partial charge in [-0.3, -0.25) is 0 Å². The van der Waals surface area contributed by atoms with E-state index in [0.717, 1.165) is 0 Å². The van der Waals surface area contributed by atoms with Crippen LogP contribution >= 0.6 is 0 Å². The molecule has 0 unspecified atom stereocenters. The van der Waals surface area contributed by atoms with Crippen molar-refractivity contribution in [3.8, 4) is 11.5 Å². The van der Waals surface area contributed by atoms with Gasteiger partial charge in [0.25, 0.3) is 0 Å². The van der Waals surface area contributed by atoms with Crippen molar-refractivity contribution in [1.29, 1.82) is 0 Å². The monoisotopic (exact) mass is 264 g/mol. The summed E-state index contributed by atoms with van der Waals surface area (Å²) in [6, 6.07) is 12.7. The van der Waals surface area contributed by atoms with Crippen molar-refractivity contribution < 1.29 is 13.2 Å². The predicted molar refractivity (Wildman–Crippen MR) is 68.7 cm³/mol. The summed E-state index contributed by atoms with van der Waals surface area (Å²) >= 11 is 0. The highest BCUT2D eigenvalue weighted by Crippen LogP contribution is 2.23. The van der Waals surface area contributed by atoms with E-state index in [1.807, 2.05) is 0 Å². The first-order chi connectivity index (χ1) is 8.45. The van der Waals surface area contributed by atoms with E-state index in [2.05, 4.69) is 0 Å². The van der Waals surface area contributed by atoms with Crippen LogP contribution in [0, 0.1) is 0 Å². The molecule has 5 nitrogen and oxygen atoms in total. The van der Waals surface area contributed by atoms with Crippen LogP contribution in [-0.2, 0) is 10.0 Å². The summed E-state index contributed by atoms with van der Waals surface area (Å²) in [5.74, 6) is 1.14. The van der Waals surface area contributed by atoms with E-state index >= 15 is 0 Å². The molecule has 2 aromatic carbocycles. The summed E-state index contributed by atoms with van der Waals surface area (Å²) < 4.78 is 27.6. The normalized spacial score (nSPS) is 11.2. The van der Waals surface area contributed by atoms with Crippen LogP contribution in [-0.4, -0.2) is 8.42 Å². The van der Waals surface area contributed by atoms with Gasteiger partial charge in [-0.1, -0.05) is 0 Å². The smallest absolute Gasteiger partial charge is 0.238 e. The van der Waals surface area contributed by atoms with E-state index in [4.69, 9.17) is 15.6 Å². The molecule has 0 aliphatic heterocycles. The Labute approximate surface area is 105 Å². The van der Waals surface area contributed by atoms with Crippen LogP contribution in [0.2, 0.25) is 0 Å². The van der Waals surface area contributed by atoms with E-state index in [1.54, 1.807) is 24.3 Å². The lowest BCUT2D eigenvalue weighted by atomic mass is 10.3. The number of rotatable bonds is 3. The van der Waals surface area contributed by atoms with Crippen molar-refractivity contribution in [2.75, 3.05) is 5.73 Å². The number of hydrogen-bond acceptors (Lipinski definition) is 4. The first kappa shape index (κ1) is 12.4. The molecule has 0 atom stereocenters. The van der Waals surface area contributed by atoms with E-state index in [1.165, 1.54) is 24.3 Å². The second-order valence-electron chi connectivity index (χ2n) is 3.69. The van der Waals surface area contributed by atoms with Crippen LogP contribution in [0.25, 0.3) is 0 Å². The summed E-state index contributed by atoms with van der Waals surface area (Å²) in [5, 5.41) is 4.99. The largest absolute Gasteiger partial charge is 0.457 e. The van der Waals surface area contributed by atoms with Crippen LogP contribution in [0.3, 0.4) is 0 Å². The van der Waals surface area contributed by atoms with Gasteiger partial charge in [0.05, 0.1) is 4.90 Å². The van der Waals surface area contributed by atoms with Crippen LogP contribution in [0.5, 0.6) is 11.5 Å². The average Bonchev–Trinajstić information content (AvgIpc) is 2.32. The third-order valence-electron chi connectivity index (χ3n) is 2.27. The molecule has 0 saturated carbocycles. The maximum absolute atomic E-state index is 11.1. The Balaban J connectivity index is 2.18. The molecular weight excluding hydrogens is 252 g/mol. The van der Waals surface area contributed by atoms with Crippen LogP contribution in [0.15, 0.2) is 53.4 Å². The second kappa shape index (κ2) is 4.67. The first-order valence-electron chi connectivity index (χ1n) is 5.11. The maximum Gasteiger partial charge on any atom is 0.238 e. The zero-order valence-electron chi connectivity index (χ0n) is 9.41. The van der Waals surface area contributed by atoms with E-state index in [9.17, 15) is 8.42 Å². The lowest BCUT2D eigenvalue weighted by Crippen LogP contribution is -2.11. The summed E-state index contributed by atoms with van der Waals surface area (Å²) in [5.41, 5.74) is 6.20. The van der Waals surface area contributed by atoms with Gasteiger partial charge in [0, 0.05) is 5.69 Å². The molecule has 4 N–H and O–H groups in total.